The van der Waals surface area contributed by atoms with E-state index in [1.165, 1.54) is 12.1 Å². The zero-order valence-electron chi connectivity index (χ0n) is 16.0. The molecule has 29 heavy (non-hydrogen) atoms. The lowest BCUT2D eigenvalue weighted by molar-refractivity contribution is -0.134. The van der Waals surface area contributed by atoms with Gasteiger partial charge in [0.2, 0.25) is 0 Å². The van der Waals surface area contributed by atoms with Gasteiger partial charge in [0.15, 0.2) is 6.61 Å². The second-order valence-corrected chi connectivity index (χ2v) is 7.08. The molecule has 1 aliphatic heterocycles. The smallest absolute Gasteiger partial charge is 0.260 e. The Morgan fingerprint density at radius 2 is 1.93 bits per heavy atom. The quantitative estimate of drug-likeness (QED) is 0.658. The van der Waals surface area contributed by atoms with Gasteiger partial charge in [-0.05, 0) is 37.1 Å². The maximum Gasteiger partial charge on any atom is 0.260 e. The van der Waals surface area contributed by atoms with Crippen molar-refractivity contribution in [1.82, 2.24) is 14.9 Å². The fourth-order valence-corrected chi connectivity index (χ4v) is 3.69. The minimum absolute atomic E-state index is 0.00789. The molecule has 1 atom stereocenters. The molecule has 6 heteroatoms. The van der Waals surface area contributed by atoms with Gasteiger partial charge in [0.05, 0.1) is 11.4 Å². The van der Waals surface area contributed by atoms with Gasteiger partial charge in [-0.2, -0.15) is 0 Å². The highest BCUT2D eigenvalue weighted by atomic mass is 19.1. The lowest BCUT2D eigenvalue weighted by atomic mass is 9.91. The molecule has 0 bridgehead atoms. The van der Waals surface area contributed by atoms with Crippen LogP contribution in [0.5, 0.6) is 5.75 Å². The number of nitrogens with zero attached hydrogens (tertiary/aromatic N) is 3. The molecule has 0 unspecified atom stereocenters. The van der Waals surface area contributed by atoms with E-state index in [2.05, 4.69) is 9.97 Å². The van der Waals surface area contributed by atoms with Gasteiger partial charge in [0.25, 0.3) is 5.91 Å². The van der Waals surface area contributed by atoms with Gasteiger partial charge in [0, 0.05) is 37.0 Å². The van der Waals surface area contributed by atoms with E-state index < -0.39 is 0 Å². The molecule has 1 aliphatic rings. The molecule has 2 heterocycles. The summed E-state index contributed by atoms with van der Waals surface area (Å²) in [5.74, 6) is 0.375. The second kappa shape index (κ2) is 8.82. The number of amides is 1. The first-order valence-corrected chi connectivity index (χ1v) is 9.73. The summed E-state index contributed by atoms with van der Waals surface area (Å²) in [7, 11) is 0. The lowest BCUT2D eigenvalue weighted by Crippen LogP contribution is -2.41. The summed E-state index contributed by atoms with van der Waals surface area (Å²) in [4.78, 5) is 23.5. The molecule has 1 fully saturated rings. The van der Waals surface area contributed by atoms with Crippen molar-refractivity contribution in [2.24, 2.45) is 0 Å². The highest BCUT2D eigenvalue weighted by molar-refractivity contribution is 5.78. The van der Waals surface area contributed by atoms with Crippen LogP contribution in [0.1, 0.15) is 24.5 Å². The Balaban J connectivity index is 1.48. The molecule has 5 nitrogen and oxygen atoms in total. The summed E-state index contributed by atoms with van der Waals surface area (Å²) in [5, 5.41) is 0. The summed E-state index contributed by atoms with van der Waals surface area (Å²) in [6.45, 7) is 1.26. The Morgan fingerprint density at radius 1 is 1.10 bits per heavy atom. The number of para-hydroxylation sites is 1. The van der Waals surface area contributed by atoms with Crippen LogP contribution in [0.3, 0.4) is 0 Å². The van der Waals surface area contributed by atoms with Crippen molar-refractivity contribution in [2.45, 2.75) is 18.8 Å². The monoisotopic (exact) mass is 391 g/mol. The molecule has 0 spiro atoms. The standard InChI is InChI=1S/C23H22FN3O2/c24-19-8-4-6-17(14-19)22-23(26-12-11-25-22)18-7-5-13-27(15-18)21(28)16-29-20-9-2-1-3-10-20/h1-4,6,8-12,14,18H,5,7,13,15-16H2/t18-/m1/s1. The van der Waals surface area contributed by atoms with Crippen molar-refractivity contribution in [3.8, 4) is 17.0 Å². The number of hydrogen-bond acceptors (Lipinski definition) is 4. The maximum atomic E-state index is 13.7. The number of halogens is 1. The molecular formula is C23H22FN3O2. The molecule has 1 aromatic heterocycles. The predicted octanol–water partition coefficient (Wildman–Crippen LogP) is 4.07. The fourth-order valence-electron chi connectivity index (χ4n) is 3.69. The van der Waals surface area contributed by atoms with Crippen LogP contribution in [0.25, 0.3) is 11.3 Å². The minimum Gasteiger partial charge on any atom is -0.484 e. The summed E-state index contributed by atoms with van der Waals surface area (Å²) in [6, 6.07) is 15.7. The number of carbonyl (C=O) groups excluding carboxylic acids is 1. The summed E-state index contributed by atoms with van der Waals surface area (Å²) in [5.41, 5.74) is 2.18. The van der Waals surface area contributed by atoms with E-state index in [1.807, 2.05) is 41.3 Å². The van der Waals surface area contributed by atoms with Crippen molar-refractivity contribution < 1.29 is 13.9 Å². The third-order valence-electron chi connectivity index (χ3n) is 5.09. The zero-order chi connectivity index (χ0) is 20.1. The molecule has 148 valence electrons. The van der Waals surface area contributed by atoms with Gasteiger partial charge in [-0.15, -0.1) is 0 Å². The van der Waals surface area contributed by atoms with Crippen molar-refractivity contribution in [1.29, 1.82) is 0 Å². The van der Waals surface area contributed by atoms with Gasteiger partial charge < -0.3 is 9.64 Å². The van der Waals surface area contributed by atoms with E-state index in [0.717, 1.165) is 18.5 Å². The van der Waals surface area contributed by atoms with Crippen LogP contribution < -0.4 is 4.74 Å². The van der Waals surface area contributed by atoms with Crippen molar-refractivity contribution >= 4 is 5.91 Å². The molecule has 0 saturated carbocycles. The number of piperidine rings is 1. The normalized spacial score (nSPS) is 16.4. The highest BCUT2D eigenvalue weighted by Crippen LogP contribution is 2.32. The first-order valence-electron chi connectivity index (χ1n) is 9.73. The van der Waals surface area contributed by atoms with Crippen molar-refractivity contribution in [3.63, 3.8) is 0 Å². The Labute approximate surface area is 169 Å². The maximum absolute atomic E-state index is 13.7. The molecule has 0 N–H and O–H groups in total. The Kier molecular flexibility index (Phi) is 5.79. The topological polar surface area (TPSA) is 55.3 Å². The number of likely N-dealkylation sites (tertiary alicyclic amines) is 1. The third kappa shape index (κ3) is 4.59. The van der Waals surface area contributed by atoms with Crippen LogP contribution >= 0.6 is 0 Å². The van der Waals surface area contributed by atoms with Gasteiger partial charge in [-0.3, -0.25) is 14.8 Å². The lowest BCUT2D eigenvalue weighted by Gasteiger charge is -2.33. The van der Waals surface area contributed by atoms with Crippen molar-refractivity contribution in [2.75, 3.05) is 19.7 Å². The average molecular weight is 391 g/mol. The molecule has 0 aliphatic carbocycles. The predicted molar refractivity (Wildman–Crippen MR) is 108 cm³/mol. The highest BCUT2D eigenvalue weighted by Gasteiger charge is 2.28. The Morgan fingerprint density at radius 3 is 2.76 bits per heavy atom. The molecular weight excluding hydrogens is 369 g/mol. The molecule has 1 saturated heterocycles. The second-order valence-electron chi connectivity index (χ2n) is 7.08. The molecule has 3 aromatic rings. The first-order chi connectivity index (χ1) is 14.2. The minimum atomic E-state index is -0.308. The van der Waals surface area contributed by atoms with Gasteiger partial charge >= 0.3 is 0 Å². The molecule has 4 rings (SSSR count). The van der Waals surface area contributed by atoms with Gasteiger partial charge in [0.1, 0.15) is 11.6 Å². The van der Waals surface area contributed by atoms with Crippen LogP contribution in [0.2, 0.25) is 0 Å². The number of aromatic nitrogens is 2. The van der Waals surface area contributed by atoms with Crippen LogP contribution in [0, 0.1) is 5.82 Å². The summed E-state index contributed by atoms with van der Waals surface area (Å²) in [6.07, 6.45) is 5.05. The zero-order valence-corrected chi connectivity index (χ0v) is 16.0. The number of hydrogen-bond donors (Lipinski definition) is 0. The summed E-state index contributed by atoms with van der Waals surface area (Å²) < 4.78 is 19.3. The Hall–Kier alpha value is -3.28. The largest absolute Gasteiger partial charge is 0.484 e. The molecule has 0 radical (unpaired) electrons. The van der Waals surface area contributed by atoms with E-state index in [0.29, 0.717) is 30.1 Å². The van der Waals surface area contributed by atoms with Crippen LogP contribution in [-0.2, 0) is 4.79 Å². The first kappa shape index (κ1) is 19.1. The van der Waals surface area contributed by atoms with E-state index in [1.54, 1.807) is 18.5 Å². The average Bonchev–Trinajstić information content (AvgIpc) is 2.78. The molecule has 2 aromatic carbocycles. The Bertz CT molecular complexity index is 981. The van der Waals surface area contributed by atoms with Crippen LogP contribution in [0.4, 0.5) is 4.39 Å². The van der Waals surface area contributed by atoms with E-state index in [-0.39, 0.29) is 24.2 Å². The SMILES string of the molecule is O=C(COc1ccccc1)N1CCC[C@@H](c2nccnc2-c2cccc(F)c2)C1. The van der Waals surface area contributed by atoms with Crippen LogP contribution in [0.15, 0.2) is 67.0 Å². The number of benzene rings is 2. The van der Waals surface area contributed by atoms with Crippen LogP contribution in [-0.4, -0.2) is 40.5 Å². The number of carbonyl (C=O) groups is 1. The van der Waals surface area contributed by atoms with E-state index in [4.69, 9.17) is 4.74 Å². The number of ether oxygens (including phenoxy) is 1. The van der Waals surface area contributed by atoms with E-state index >= 15 is 0 Å². The summed E-state index contributed by atoms with van der Waals surface area (Å²) >= 11 is 0. The van der Waals surface area contributed by atoms with Gasteiger partial charge in [-0.25, -0.2) is 4.39 Å². The van der Waals surface area contributed by atoms with E-state index in [9.17, 15) is 9.18 Å². The van der Waals surface area contributed by atoms with Crippen molar-refractivity contribution in [3.05, 3.63) is 78.5 Å². The third-order valence-corrected chi connectivity index (χ3v) is 5.09. The van der Waals surface area contributed by atoms with Gasteiger partial charge in [-0.1, -0.05) is 30.3 Å². The fraction of sp³-hybridized carbons (Fsp3) is 0.261. The molecule has 1 amide bonds. The number of rotatable bonds is 5.